The second-order valence-corrected chi connectivity index (χ2v) is 9.99. The maximum Gasteiger partial charge on any atom is 0.286 e. The van der Waals surface area contributed by atoms with Crippen LogP contribution in [0.2, 0.25) is 0 Å². The van der Waals surface area contributed by atoms with E-state index in [1.54, 1.807) is 6.07 Å². The molecule has 162 valence electrons. The third kappa shape index (κ3) is 4.78. The number of carbonyl (C=O) groups excluding carboxylic acids is 1. The van der Waals surface area contributed by atoms with Crippen LogP contribution < -0.4 is 5.32 Å². The van der Waals surface area contributed by atoms with E-state index >= 15 is 0 Å². The van der Waals surface area contributed by atoms with E-state index in [1.807, 2.05) is 0 Å². The number of anilines is 1. The highest BCUT2D eigenvalue weighted by Crippen LogP contribution is 2.32. The molecule has 3 aromatic rings. The fraction of sp³-hybridized carbons (Fsp3) is 0.250. The zero-order valence-corrected chi connectivity index (χ0v) is 17.8. The Morgan fingerprint density at radius 1 is 1.03 bits per heavy atom. The number of hydrogen-bond donors (Lipinski definition) is 1. The molecule has 31 heavy (non-hydrogen) atoms. The zero-order chi connectivity index (χ0) is 22.0. The lowest BCUT2D eigenvalue weighted by molar-refractivity contribution is 0.102. The molecule has 2 aromatic carbocycles. The SMILES string of the molecule is O=C(Nc1cccc(F)c1)c1nnc(C2CCN(S(=O)(=O)c3ccc(F)cc3)CC2)s1. The lowest BCUT2D eigenvalue weighted by atomic mass is 9.99. The summed E-state index contributed by atoms with van der Waals surface area (Å²) in [5.41, 5.74) is 0.320. The predicted octanol–water partition coefficient (Wildman–Crippen LogP) is 3.64. The lowest BCUT2D eigenvalue weighted by Gasteiger charge is -2.30. The summed E-state index contributed by atoms with van der Waals surface area (Å²) < 4.78 is 53.2. The van der Waals surface area contributed by atoms with E-state index in [4.69, 9.17) is 0 Å². The van der Waals surface area contributed by atoms with Crippen LogP contribution in [0, 0.1) is 11.6 Å². The molecule has 0 aliphatic carbocycles. The van der Waals surface area contributed by atoms with Crippen LogP contribution in [0.4, 0.5) is 14.5 Å². The van der Waals surface area contributed by atoms with Crippen molar-refractivity contribution in [1.82, 2.24) is 14.5 Å². The third-order valence-electron chi connectivity index (χ3n) is 4.97. The highest BCUT2D eigenvalue weighted by molar-refractivity contribution is 7.89. The Labute approximate surface area is 181 Å². The highest BCUT2D eigenvalue weighted by Gasteiger charge is 2.31. The molecular formula is C20H18F2N4O3S2. The van der Waals surface area contributed by atoms with Gasteiger partial charge in [-0.15, -0.1) is 10.2 Å². The van der Waals surface area contributed by atoms with E-state index in [2.05, 4.69) is 15.5 Å². The quantitative estimate of drug-likeness (QED) is 0.623. The van der Waals surface area contributed by atoms with Crippen molar-refractivity contribution in [3.63, 3.8) is 0 Å². The van der Waals surface area contributed by atoms with Gasteiger partial charge in [0.05, 0.1) is 4.90 Å². The normalized spacial score (nSPS) is 15.7. The van der Waals surface area contributed by atoms with Crippen LogP contribution in [0.5, 0.6) is 0 Å². The Hall–Kier alpha value is -2.76. The Morgan fingerprint density at radius 2 is 1.74 bits per heavy atom. The lowest BCUT2D eigenvalue weighted by Crippen LogP contribution is -2.37. The number of sulfonamides is 1. The number of rotatable bonds is 5. The van der Waals surface area contributed by atoms with Gasteiger partial charge in [0.2, 0.25) is 15.0 Å². The number of amides is 1. The van der Waals surface area contributed by atoms with Gasteiger partial charge >= 0.3 is 0 Å². The fourth-order valence-corrected chi connectivity index (χ4v) is 5.72. The smallest absolute Gasteiger partial charge is 0.286 e. The zero-order valence-electron chi connectivity index (χ0n) is 16.2. The molecule has 0 unspecified atom stereocenters. The van der Waals surface area contributed by atoms with Crippen molar-refractivity contribution in [2.45, 2.75) is 23.7 Å². The Morgan fingerprint density at radius 3 is 2.42 bits per heavy atom. The first kappa shape index (κ1) is 21.5. The minimum atomic E-state index is -3.69. The van der Waals surface area contributed by atoms with Crippen LogP contribution in [0.1, 0.15) is 33.6 Å². The van der Waals surface area contributed by atoms with Gasteiger partial charge in [-0.3, -0.25) is 4.79 Å². The van der Waals surface area contributed by atoms with E-state index in [0.29, 0.717) is 23.5 Å². The second-order valence-electron chi connectivity index (χ2n) is 7.04. The summed E-state index contributed by atoms with van der Waals surface area (Å²) in [5.74, 6) is -1.46. The monoisotopic (exact) mass is 464 g/mol. The molecule has 7 nitrogen and oxygen atoms in total. The van der Waals surface area contributed by atoms with Crippen LogP contribution in [0.25, 0.3) is 0 Å². The van der Waals surface area contributed by atoms with Gasteiger partial charge in [-0.05, 0) is 55.3 Å². The largest absolute Gasteiger partial charge is 0.320 e. The van der Waals surface area contributed by atoms with Crippen molar-refractivity contribution >= 4 is 33.0 Å². The van der Waals surface area contributed by atoms with Gasteiger partial charge in [0.15, 0.2) is 0 Å². The van der Waals surface area contributed by atoms with Crippen molar-refractivity contribution in [3.05, 3.63) is 70.2 Å². The molecule has 1 aliphatic heterocycles. The van der Waals surface area contributed by atoms with Crippen molar-refractivity contribution in [3.8, 4) is 0 Å². The number of benzene rings is 2. The van der Waals surface area contributed by atoms with E-state index < -0.39 is 27.6 Å². The average Bonchev–Trinajstić information content (AvgIpc) is 3.25. The molecule has 0 radical (unpaired) electrons. The number of piperidine rings is 1. The van der Waals surface area contributed by atoms with E-state index in [0.717, 1.165) is 23.5 Å². The maximum absolute atomic E-state index is 13.3. The van der Waals surface area contributed by atoms with Crippen molar-refractivity contribution in [2.75, 3.05) is 18.4 Å². The van der Waals surface area contributed by atoms with Crippen LogP contribution in [-0.4, -0.2) is 41.9 Å². The van der Waals surface area contributed by atoms with Gasteiger partial charge in [0, 0.05) is 24.7 Å². The number of nitrogens with one attached hydrogen (secondary N) is 1. The van der Waals surface area contributed by atoms with E-state index in [9.17, 15) is 22.0 Å². The van der Waals surface area contributed by atoms with Crippen LogP contribution >= 0.6 is 11.3 Å². The molecule has 4 rings (SSSR count). The molecule has 2 heterocycles. The Bertz CT molecular complexity index is 1190. The molecule has 0 bridgehead atoms. The van der Waals surface area contributed by atoms with Gasteiger partial charge < -0.3 is 5.32 Å². The minimum Gasteiger partial charge on any atom is -0.320 e. The minimum absolute atomic E-state index is 0.0205. The van der Waals surface area contributed by atoms with Gasteiger partial charge in [0.25, 0.3) is 5.91 Å². The summed E-state index contributed by atoms with van der Waals surface area (Å²) in [4.78, 5) is 12.4. The molecule has 1 N–H and O–H groups in total. The standard InChI is InChI=1S/C20H18F2N4O3S2/c21-14-4-6-17(7-5-14)31(28,29)26-10-8-13(9-11-26)19-24-25-20(30-19)18(27)23-16-3-1-2-15(22)12-16/h1-7,12-13H,8-11H2,(H,23,27). The maximum atomic E-state index is 13.3. The highest BCUT2D eigenvalue weighted by atomic mass is 32.2. The summed E-state index contributed by atoms with van der Waals surface area (Å²) >= 11 is 1.14. The molecule has 1 saturated heterocycles. The van der Waals surface area contributed by atoms with E-state index in [1.165, 1.54) is 34.6 Å². The van der Waals surface area contributed by atoms with Crippen molar-refractivity contribution < 1.29 is 22.0 Å². The van der Waals surface area contributed by atoms with Crippen molar-refractivity contribution in [1.29, 1.82) is 0 Å². The number of hydrogen-bond acceptors (Lipinski definition) is 6. The number of carbonyl (C=O) groups is 1. The molecular weight excluding hydrogens is 446 g/mol. The van der Waals surface area contributed by atoms with Crippen LogP contribution in [-0.2, 0) is 10.0 Å². The van der Waals surface area contributed by atoms with Gasteiger partial charge in [-0.25, -0.2) is 17.2 Å². The first-order chi connectivity index (χ1) is 14.8. The summed E-state index contributed by atoms with van der Waals surface area (Å²) in [6.45, 7) is 0.573. The summed E-state index contributed by atoms with van der Waals surface area (Å²) in [6.07, 6.45) is 1.06. The Balaban J connectivity index is 1.39. The molecule has 1 amide bonds. The molecule has 1 fully saturated rings. The summed E-state index contributed by atoms with van der Waals surface area (Å²) in [7, 11) is -3.69. The molecule has 0 atom stereocenters. The van der Waals surface area contributed by atoms with Crippen molar-refractivity contribution in [2.24, 2.45) is 0 Å². The van der Waals surface area contributed by atoms with E-state index in [-0.39, 0.29) is 28.9 Å². The molecule has 0 spiro atoms. The third-order valence-corrected chi connectivity index (χ3v) is 7.97. The number of halogens is 2. The Kier molecular flexibility index (Phi) is 6.08. The first-order valence-corrected chi connectivity index (χ1v) is 11.7. The number of nitrogens with zero attached hydrogens (tertiary/aromatic N) is 3. The van der Waals surface area contributed by atoms with Crippen LogP contribution in [0.3, 0.4) is 0 Å². The van der Waals surface area contributed by atoms with Crippen LogP contribution in [0.15, 0.2) is 53.4 Å². The number of aromatic nitrogens is 2. The second kappa shape index (κ2) is 8.77. The van der Waals surface area contributed by atoms with Gasteiger partial charge in [0.1, 0.15) is 16.6 Å². The molecule has 1 aromatic heterocycles. The topological polar surface area (TPSA) is 92.3 Å². The summed E-state index contributed by atoms with van der Waals surface area (Å²) in [5, 5.41) is 11.4. The molecule has 0 saturated carbocycles. The molecule has 11 heteroatoms. The fourth-order valence-electron chi connectivity index (χ4n) is 3.34. The average molecular weight is 465 g/mol. The first-order valence-electron chi connectivity index (χ1n) is 9.49. The predicted molar refractivity (Wildman–Crippen MR) is 111 cm³/mol. The van der Waals surface area contributed by atoms with Gasteiger partial charge in [-0.1, -0.05) is 17.4 Å². The van der Waals surface area contributed by atoms with Gasteiger partial charge in [-0.2, -0.15) is 4.31 Å². The molecule has 1 aliphatic rings. The summed E-state index contributed by atoms with van der Waals surface area (Å²) in [6, 6.07) is 10.3.